The molecule has 1 N–H and O–H groups in total. The maximum atomic E-state index is 13.6. The van der Waals surface area contributed by atoms with Gasteiger partial charge in [-0.25, -0.2) is 4.98 Å². The van der Waals surface area contributed by atoms with Gasteiger partial charge in [0.05, 0.1) is 19.2 Å². The van der Waals surface area contributed by atoms with Crippen molar-refractivity contribution in [1.29, 1.82) is 0 Å². The molecule has 2 amide bonds. The van der Waals surface area contributed by atoms with Crippen molar-refractivity contribution < 1.29 is 19.4 Å². The Balaban J connectivity index is 1.64. The molecule has 0 spiro atoms. The van der Waals surface area contributed by atoms with Gasteiger partial charge in [0.1, 0.15) is 11.7 Å². The lowest BCUT2D eigenvalue weighted by atomic mass is 9.99. The zero-order valence-electron chi connectivity index (χ0n) is 21.4. The largest absolute Gasteiger partial charge is 0.472 e. The molecule has 0 saturated heterocycles. The Morgan fingerprint density at radius 3 is 2.46 bits per heavy atom. The zero-order valence-corrected chi connectivity index (χ0v) is 21.4. The van der Waals surface area contributed by atoms with Crippen molar-refractivity contribution in [2.75, 3.05) is 26.7 Å². The third-order valence-corrected chi connectivity index (χ3v) is 6.63. The summed E-state index contributed by atoms with van der Waals surface area (Å²) in [7, 11) is 1.75. The van der Waals surface area contributed by atoms with Crippen LogP contribution in [0.5, 0.6) is 5.88 Å². The number of likely N-dealkylation sites (N-methyl/N-ethyl adjacent to an activating group) is 1. The van der Waals surface area contributed by atoms with Crippen molar-refractivity contribution in [3.8, 4) is 5.88 Å². The van der Waals surface area contributed by atoms with Gasteiger partial charge >= 0.3 is 0 Å². The summed E-state index contributed by atoms with van der Waals surface area (Å²) in [5.74, 6) is -0.228. The average Bonchev–Trinajstić information content (AvgIpc) is 2.94. The predicted molar refractivity (Wildman–Crippen MR) is 144 cm³/mol. The fourth-order valence-corrected chi connectivity index (χ4v) is 4.34. The first-order valence-corrected chi connectivity index (χ1v) is 12.5. The highest BCUT2D eigenvalue weighted by molar-refractivity contribution is 5.97. The van der Waals surface area contributed by atoms with E-state index in [4.69, 9.17) is 4.74 Å². The van der Waals surface area contributed by atoms with Crippen LogP contribution in [0.4, 0.5) is 0 Å². The van der Waals surface area contributed by atoms with Gasteiger partial charge in [-0.05, 0) is 36.2 Å². The Labute approximate surface area is 218 Å². The number of carbonyl (C=O) groups excluding carboxylic acids is 2. The molecular weight excluding hydrogens is 466 g/mol. The van der Waals surface area contributed by atoms with Crippen molar-refractivity contribution >= 4 is 24.0 Å². The number of hydrogen-bond donors (Lipinski definition) is 1. The molecule has 2 aromatic carbocycles. The smallest absolute Gasteiger partial charge is 0.259 e. The van der Waals surface area contributed by atoms with Crippen LogP contribution < -0.4 is 4.74 Å². The van der Waals surface area contributed by atoms with E-state index in [-0.39, 0.29) is 36.3 Å². The van der Waals surface area contributed by atoms with Crippen LogP contribution in [-0.2, 0) is 0 Å². The molecule has 0 aliphatic carbocycles. The second-order valence-corrected chi connectivity index (χ2v) is 9.54. The van der Waals surface area contributed by atoms with Crippen molar-refractivity contribution in [2.24, 2.45) is 5.92 Å². The molecule has 3 atom stereocenters. The number of aliphatic hydroxyl groups is 1. The summed E-state index contributed by atoms with van der Waals surface area (Å²) in [4.78, 5) is 34.4. The lowest BCUT2D eigenvalue weighted by Gasteiger charge is -2.37. The van der Waals surface area contributed by atoms with Gasteiger partial charge in [-0.3, -0.25) is 9.59 Å². The van der Waals surface area contributed by atoms with E-state index in [1.54, 1.807) is 41.2 Å². The third-order valence-electron chi connectivity index (χ3n) is 6.63. The van der Waals surface area contributed by atoms with Gasteiger partial charge in [-0.1, -0.05) is 67.6 Å². The molecule has 0 radical (unpaired) electrons. The first kappa shape index (κ1) is 26.1. The molecule has 7 heteroatoms. The van der Waals surface area contributed by atoms with E-state index in [9.17, 15) is 14.7 Å². The number of aliphatic hydroxyl groups excluding tert-OH is 1. The highest BCUT2D eigenvalue weighted by atomic mass is 16.5. The standard InChI is InChI=1S/C30H33N3O4/c1-21-18-33(22(2)20-34)30(36)26-16-24(15-14-23-10-6-4-7-11-23)17-31-28(26)37-27(21)19-32(3)29(35)25-12-8-5-9-13-25/h4-17,21-22,27,34H,18-20H2,1-3H3/b15-14+/t21-,22+,27+/m0/s1. The van der Waals surface area contributed by atoms with Gasteiger partial charge in [0, 0.05) is 31.3 Å². The van der Waals surface area contributed by atoms with Crippen LogP contribution in [-0.4, -0.2) is 70.6 Å². The number of carbonyl (C=O) groups is 2. The number of nitrogens with zero attached hydrogens (tertiary/aromatic N) is 3. The molecule has 2 heterocycles. The maximum absolute atomic E-state index is 13.6. The molecule has 4 rings (SSSR count). The lowest BCUT2D eigenvalue weighted by molar-refractivity contribution is 0.0313. The molecule has 0 bridgehead atoms. The molecule has 0 saturated carbocycles. The Morgan fingerprint density at radius 2 is 1.78 bits per heavy atom. The molecule has 1 aromatic heterocycles. The van der Waals surface area contributed by atoms with Crippen LogP contribution in [0.2, 0.25) is 0 Å². The minimum atomic E-state index is -0.406. The number of hydrogen-bond acceptors (Lipinski definition) is 5. The fourth-order valence-electron chi connectivity index (χ4n) is 4.34. The Morgan fingerprint density at radius 1 is 1.14 bits per heavy atom. The second-order valence-electron chi connectivity index (χ2n) is 9.54. The van der Waals surface area contributed by atoms with Gasteiger partial charge in [0.2, 0.25) is 5.88 Å². The van der Waals surface area contributed by atoms with Gasteiger partial charge in [-0.2, -0.15) is 0 Å². The van der Waals surface area contributed by atoms with Gasteiger partial charge in [0.15, 0.2) is 0 Å². The number of amides is 2. The summed E-state index contributed by atoms with van der Waals surface area (Å²) in [6.45, 7) is 4.34. The van der Waals surface area contributed by atoms with Gasteiger partial charge < -0.3 is 19.6 Å². The van der Waals surface area contributed by atoms with E-state index < -0.39 is 6.10 Å². The Bertz CT molecular complexity index is 1250. The average molecular weight is 500 g/mol. The van der Waals surface area contributed by atoms with Crippen LogP contribution in [0.1, 0.15) is 45.7 Å². The first-order valence-electron chi connectivity index (χ1n) is 12.5. The van der Waals surface area contributed by atoms with Crippen LogP contribution in [0.3, 0.4) is 0 Å². The second kappa shape index (κ2) is 11.8. The summed E-state index contributed by atoms with van der Waals surface area (Å²) in [6.07, 6.45) is 5.13. The molecule has 7 nitrogen and oxygen atoms in total. The number of aromatic nitrogens is 1. The molecule has 192 valence electrons. The maximum Gasteiger partial charge on any atom is 0.259 e. The van der Waals surface area contributed by atoms with E-state index in [0.29, 0.717) is 24.2 Å². The molecule has 0 fully saturated rings. The molecule has 1 aliphatic rings. The van der Waals surface area contributed by atoms with Gasteiger partial charge in [0.25, 0.3) is 11.8 Å². The summed E-state index contributed by atoms with van der Waals surface area (Å²) in [6, 6.07) is 20.4. The number of pyridine rings is 1. The van der Waals surface area contributed by atoms with E-state index in [1.807, 2.05) is 74.5 Å². The predicted octanol–water partition coefficient (Wildman–Crippen LogP) is 4.24. The van der Waals surface area contributed by atoms with Crippen molar-refractivity contribution in [2.45, 2.75) is 26.0 Å². The van der Waals surface area contributed by atoms with Crippen LogP contribution in [0.15, 0.2) is 72.9 Å². The van der Waals surface area contributed by atoms with E-state index in [2.05, 4.69) is 4.98 Å². The highest BCUT2D eigenvalue weighted by Gasteiger charge is 2.34. The minimum absolute atomic E-state index is 0.107. The van der Waals surface area contributed by atoms with Crippen molar-refractivity contribution in [3.05, 3.63) is 95.2 Å². The Kier molecular flexibility index (Phi) is 8.36. The number of rotatable bonds is 7. The van der Waals surface area contributed by atoms with Crippen LogP contribution in [0, 0.1) is 5.92 Å². The van der Waals surface area contributed by atoms with Gasteiger partial charge in [-0.15, -0.1) is 0 Å². The van der Waals surface area contributed by atoms with E-state index in [1.165, 1.54) is 0 Å². The molecular formula is C30H33N3O4. The topological polar surface area (TPSA) is 83.0 Å². The fraction of sp³-hybridized carbons (Fsp3) is 0.300. The summed E-state index contributed by atoms with van der Waals surface area (Å²) in [5, 5.41) is 9.87. The van der Waals surface area contributed by atoms with Crippen LogP contribution >= 0.6 is 0 Å². The molecule has 0 unspecified atom stereocenters. The molecule has 3 aromatic rings. The number of fused-ring (bicyclic) bond motifs is 1. The van der Waals surface area contributed by atoms with Crippen molar-refractivity contribution in [3.63, 3.8) is 0 Å². The summed E-state index contributed by atoms with van der Waals surface area (Å²) >= 11 is 0. The molecule has 1 aliphatic heterocycles. The highest BCUT2D eigenvalue weighted by Crippen LogP contribution is 2.28. The molecule has 37 heavy (non-hydrogen) atoms. The summed E-state index contributed by atoms with van der Waals surface area (Å²) in [5.41, 5.74) is 2.73. The lowest BCUT2D eigenvalue weighted by Crippen LogP contribution is -2.50. The van der Waals surface area contributed by atoms with E-state index >= 15 is 0 Å². The Hall–Kier alpha value is -3.97. The monoisotopic (exact) mass is 499 g/mol. The number of benzene rings is 2. The summed E-state index contributed by atoms with van der Waals surface area (Å²) < 4.78 is 6.32. The van der Waals surface area contributed by atoms with Crippen molar-refractivity contribution in [1.82, 2.24) is 14.8 Å². The normalized spacial score (nSPS) is 18.5. The zero-order chi connectivity index (χ0) is 26.4. The van der Waals surface area contributed by atoms with Crippen LogP contribution in [0.25, 0.3) is 12.2 Å². The minimum Gasteiger partial charge on any atom is -0.472 e. The first-order chi connectivity index (χ1) is 17.9. The quantitative estimate of drug-likeness (QED) is 0.526. The van der Waals surface area contributed by atoms with E-state index in [0.717, 1.165) is 11.1 Å². The third kappa shape index (κ3) is 6.24. The SMILES string of the molecule is C[C@H](CO)N1C[C@H](C)[C@@H](CN(C)C(=O)c2ccccc2)Oc2ncc(/C=C/c3ccccc3)cc2C1=O. The number of ether oxygens (including phenoxy) is 1.